The summed E-state index contributed by atoms with van der Waals surface area (Å²) in [5, 5.41) is 3.34. The van der Waals surface area contributed by atoms with Gasteiger partial charge in [-0.2, -0.15) is 22.5 Å². The normalized spacial score (nSPS) is 14.0. The fraction of sp³-hybridized carbons (Fsp3) is 0.176. The summed E-state index contributed by atoms with van der Waals surface area (Å²) in [6.07, 6.45) is -3.21. The lowest BCUT2D eigenvalue weighted by molar-refractivity contribution is -0.159. The van der Waals surface area contributed by atoms with Crippen LogP contribution in [0.2, 0.25) is 0 Å². The molecule has 0 aliphatic rings. The first-order valence-electron chi connectivity index (χ1n) is 7.45. The molecule has 3 rings (SSSR count). The maximum absolute atomic E-state index is 12.9. The maximum atomic E-state index is 12.9. The molecule has 136 valence electrons. The third kappa shape index (κ3) is 3.93. The zero-order valence-corrected chi connectivity index (χ0v) is 14.6. The molecule has 9 heteroatoms. The summed E-state index contributed by atoms with van der Waals surface area (Å²) in [6, 6.07) is 13.3. The maximum Gasteiger partial charge on any atom is 0.471 e. The standard InChI is InChI=1S/C17H14F3N3O2S/c1-11-5-3-8-14(9-11)26(2,24)23-13-7-4-6-12(10-13)15-21-16(25-22-15)17(18,19)20/h3-10H,1-2H3. The van der Waals surface area contributed by atoms with Gasteiger partial charge in [-0.25, -0.2) is 4.21 Å². The lowest BCUT2D eigenvalue weighted by Crippen LogP contribution is -2.04. The third-order valence-corrected chi connectivity index (χ3v) is 5.17. The average Bonchev–Trinajstić information content (AvgIpc) is 3.05. The number of aryl methyl sites for hydroxylation is 1. The molecule has 1 heterocycles. The monoisotopic (exact) mass is 381 g/mol. The van der Waals surface area contributed by atoms with Gasteiger partial charge >= 0.3 is 12.1 Å². The minimum absolute atomic E-state index is 0.215. The number of nitrogens with zero attached hydrogens (tertiary/aromatic N) is 3. The highest BCUT2D eigenvalue weighted by molar-refractivity contribution is 7.93. The van der Waals surface area contributed by atoms with Crippen molar-refractivity contribution in [2.45, 2.75) is 18.0 Å². The Hall–Kier alpha value is -2.68. The second-order valence-corrected chi connectivity index (χ2v) is 7.94. The van der Waals surface area contributed by atoms with Crippen LogP contribution in [0, 0.1) is 6.92 Å². The van der Waals surface area contributed by atoms with Crippen LogP contribution in [-0.4, -0.2) is 20.6 Å². The summed E-state index contributed by atoms with van der Waals surface area (Å²) in [5.41, 5.74) is 1.58. The highest BCUT2D eigenvalue weighted by atomic mass is 32.2. The number of aromatic nitrogens is 2. The number of hydrogen-bond donors (Lipinski definition) is 0. The molecule has 0 bridgehead atoms. The molecule has 0 radical (unpaired) electrons. The Kier molecular flexibility index (Phi) is 4.57. The molecule has 0 spiro atoms. The van der Waals surface area contributed by atoms with Crippen molar-refractivity contribution < 1.29 is 21.9 Å². The van der Waals surface area contributed by atoms with E-state index in [-0.39, 0.29) is 11.4 Å². The average molecular weight is 381 g/mol. The minimum Gasteiger partial charge on any atom is -0.329 e. The molecule has 0 amide bonds. The van der Waals surface area contributed by atoms with Gasteiger partial charge in [-0.15, -0.1) is 0 Å². The number of rotatable bonds is 3. The van der Waals surface area contributed by atoms with Gasteiger partial charge in [0.25, 0.3) is 0 Å². The van der Waals surface area contributed by atoms with Gasteiger partial charge in [0.1, 0.15) is 0 Å². The van der Waals surface area contributed by atoms with Gasteiger partial charge in [0.2, 0.25) is 5.82 Å². The topological polar surface area (TPSA) is 68.3 Å². The van der Waals surface area contributed by atoms with E-state index >= 15 is 0 Å². The van der Waals surface area contributed by atoms with Crippen LogP contribution in [0.5, 0.6) is 0 Å². The lowest BCUT2D eigenvalue weighted by Gasteiger charge is -2.06. The van der Waals surface area contributed by atoms with Gasteiger partial charge in [0, 0.05) is 16.7 Å². The zero-order chi connectivity index (χ0) is 18.9. The van der Waals surface area contributed by atoms with Crippen LogP contribution >= 0.6 is 0 Å². The fourth-order valence-electron chi connectivity index (χ4n) is 2.26. The van der Waals surface area contributed by atoms with E-state index in [4.69, 9.17) is 0 Å². The van der Waals surface area contributed by atoms with E-state index in [1.165, 1.54) is 18.4 Å². The summed E-state index contributed by atoms with van der Waals surface area (Å²) >= 11 is 0. The van der Waals surface area contributed by atoms with Gasteiger partial charge in [-0.05, 0) is 36.8 Å². The molecule has 1 unspecified atom stereocenters. The van der Waals surface area contributed by atoms with Crippen molar-refractivity contribution >= 4 is 15.4 Å². The smallest absolute Gasteiger partial charge is 0.329 e. The zero-order valence-electron chi connectivity index (χ0n) is 13.8. The van der Waals surface area contributed by atoms with Crippen LogP contribution in [0.1, 0.15) is 11.5 Å². The van der Waals surface area contributed by atoms with Crippen LogP contribution in [0.25, 0.3) is 11.4 Å². The van der Waals surface area contributed by atoms with E-state index in [1.807, 2.05) is 13.0 Å². The molecule has 0 fully saturated rings. The van der Waals surface area contributed by atoms with E-state index in [9.17, 15) is 17.4 Å². The number of alkyl halides is 3. The molecule has 0 saturated heterocycles. The van der Waals surface area contributed by atoms with E-state index in [0.717, 1.165) is 5.56 Å². The summed E-state index contributed by atoms with van der Waals surface area (Å²) < 4.78 is 59.2. The van der Waals surface area contributed by atoms with Crippen molar-refractivity contribution in [2.75, 3.05) is 6.26 Å². The molecule has 0 aliphatic carbocycles. The Morgan fingerprint density at radius 2 is 1.85 bits per heavy atom. The van der Waals surface area contributed by atoms with Gasteiger partial charge < -0.3 is 4.52 Å². The van der Waals surface area contributed by atoms with Crippen molar-refractivity contribution in [3.63, 3.8) is 0 Å². The first-order chi connectivity index (χ1) is 12.1. The Morgan fingerprint density at radius 1 is 1.12 bits per heavy atom. The second kappa shape index (κ2) is 6.56. The van der Waals surface area contributed by atoms with E-state index in [1.54, 1.807) is 30.3 Å². The van der Waals surface area contributed by atoms with Gasteiger partial charge in [-0.3, -0.25) is 0 Å². The van der Waals surface area contributed by atoms with E-state index in [0.29, 0.717) is 10.6 Å². The predicted molar refractivity (Wildman–Crippen MR) is 90.3 cm³/mol. The molecule has 0 aliphatic heterocycles. The molecule has 5 nitrogen and oxygen atoms in total. The quantitative estimate of drug-likeness (QED) is 0.650. The third-order valence-electron chi connectivity index (χ3n) is 3.48. The highest BCUT2D eigenvalue weighted by Crippen LogP contribution is 2.30. The Morgan fingerprint density at radius 3 is 2.50 bits per heavy atom. The number of halogens is 3. The molecule has 0 N–H and O–H groups in total. The molecular weight excluding hydrogens is 367 g/mol. The SMILES string of the molecule is Cc1cccc(S(C)(=O)=Nc2cccc(-c3noc(C(F)(F)F)n3)c2)c1. The van der Waals surface area contributed by atoms with Crippen LogP contribution in [0.3, 0.4) is 0 Å². The fourth-order valence-corrected chi connectivity index (χ4v) is 3.62. The van der Waals surface area contributed by atoms with Gasteiger partial charge in [-0.1, -0.05) is 29.4 Å². The molecule has 2 aromatic carbocycles. The largest absolute Gasteiger partial charge is 0.471 e. The van der Waals surface area contributed by atoms with E-state index in [2.05, 4.69) is 19.0 Å². The van der Waals surface area contributed by atoms with Crippen LogP contribution in [0.4, 0.5) is 18.9 Å². The van der Waals surface area contributed by atoms with Crippen molar-refractivity contribution in [1.82, 2.24) is 10.1 Å². The molecule has 1 atom stereocenters. The van der Waals surface area contributed by atoms with Crippen molar-refractivity contribution in [1.29, 1.82) is 0 Å². The molecule has 3 aromatic rings. The Bertz CT molecular complexity index is 1070. The van der Waals surface area contributed by atoms with Crippen LogP contribution in [-0.2, 0) is 15.9 Å². The van der Waals surface area contributed by atoms with Crippen molar-refractivity contribution in [2.24, 2.45) is 4.36 Å². The summed E-state index contributed by atoms with van der Waals surface area (Å²) in [7, 11) is -2.72. The van der Waals surface area contributed by atoms with Crippen molar-refractivity contribution in [3.05, 3.63) is 60.0 Å². The van der Waals surface area contributed by atoms with Gasteiger partial charge in [0.05, 0.1) is 15.4 Å². The Labute approximate surface area is 148 Å². The van der Waals surface area contributed by atoms with Gasteiger partial charge in [0.15, 0.2) is 0 Å². The first kappa shape index (κ1) is 18.1. The molecule has 1 aromatic heterocycles. The molecular formula is C17H14F3N3O2S. The lowest BCUT2D eigenvalue weighted by atomic mass is 10.2. The van der Waals surface area contributed by atoms with Crippen LogP contribution < -0.4 is 0 Å². The number of benzene rings is 2. The highest BCUT2D eigenvalue weighted by Gasteiger charge is 2.38. The predicted octanol–water partition coefficient (Wildman–Crippen LogP) is 4.85. The molecule has 26 heavy (non-hydrogen) atoms. The van der Waals surface area contributed by atoms with E-state index < -0.39 is 21.8 Å². The Balaban J connectivity index is 2.00. The summed E-state index contributed by atoms with van der Waals surface area (Å²) in [4.78, 5) is 3.91. The minimum atomic E-state index is -4.71. The first-order valence-corrected chi connectivity index (χ1v) is 9.38. The molecule has 0 saturated carbocycles. The van der Waals surface area contributed by atoms with Crippen molar-refractivity contribution in [3.8, 4) is 11.4 Å². The van der Waals surface area contributed by atoms with Crippen LogP contribution in [0.15, 0.2) is 62.3 Å². The second-order valence-electron chi connectivity index (χ2n) is 5.68. The number of hydrogen-bond acceptors (Lipinski definition) is 5. The summed E-state index contributed by atoms with van der Waals surface area (Å²) in [5.74, 6) is -1.64. The summed E-state index contributed by atoms with van der Waals surface area (Å²) in [6.45, 7) is 1.88.